The zero-order valence-corrected chi connectivity index (χ0v) is 10.9. The van der Waals surface area contributed by atoms with Gasteiger partial charge in [-0.1, -0.05) is 0 Å². The second-order valence-electron chi connectivity index (χ2n) is 4.62. The molecule has 1 aromatic rings. The lowest BCUT2D eigenvalue weighted by Crippen LogP contribution is -2.55. The van der Waals surface area contributed by atoms with Gasteiger partial charge in [0.1, 0.15) is 0 Å². The highest BCUT2D eigenvalue weighted by molar-refractivity contribution is 7.07. The Hall–Kier alpha value is -0.420. The zero-order valence-electron chi connectivity index (χ0n) is 10.1. The minimum absolute atomic E-state index is 0.494. The Morgan fingerprint density at radius 1 is 1.56 bits per heavy atom. The van der Waals surface area contributed by atoms with Crippen molar-refractivity contribution < 1.29 is 0 Å². The van der Waals surface area contributed by atoms with Crippen molar-refractivity contribution in [2.45, 2.75) is 19.0 Å². The molecule has 0 bridgehead atoms. The van der Waals surface area contributed by atoms with Gasteiger partial charge in [-0.15, -0.1) is 0 Å². The maximum absolute atomic E-state index is 5.88. The van der Waals surface area contributed by atoms with Crippen LogP contribution in [0.4, 0.5) is 0 Å². The first-order chi connectivity index (χ1) is 7.72. The monoisotopic (exact) mass is 239 g/mol. The first-order valence-electron chi connectivity index (χ1n) is 5.89. The summed E-state index contributed by atoms with van der Waals surface area (Å²) in [6, 6.07) is 3.21. The average molecular weight is 239 g/mol. The van der Waals surface area contributed by atoms with Crippen LogP contribution in [0.5, 0.6) is 0 Å². The SMILES string of the molecule is CC(c1ccsc1)N1CCN(C)CC1CN. The van der Waals surface area contributed by atoms with E-state index in [2.05, 4.69) is 40.6 Å². The molecule has 0 amide bonds. The summed E-state index contributed by atoms with van der Waals surface area (Å²) in [5, 5.41) is 4.40. The maximum atomic E-state index is 5.88. The van der Waals surface area contributed by atoms with Gasteiger partial charge < -0.3 is 10.6 Å². The standard InChI is InChI=1S/C12H21N3S/c1-10(11-3-6-16-9-11)15-5-4-14(2)8-12(15)7-13/h3,6,9-10,12H,4-5,7-8,13H2,1-2H3. The third-order valence-electron chi connectivity index (χ3n) is 3.53. The third-order valence-corrected chi connectivity index (χ3v) is 4.23. The normalized spacial score (nSPS) is 25.8. The Balaban J connectivity index is 2.07. The molecule has 1 fully saturated rings. The molecule has 2 unspecified atom stereocenters. The van der Waals surface area contributed by atoms with Gasteiger partial charge in [0.15, 0.2) is 0 Å². The summed E-state index contributed by atoms with van der Waals surface area (Å²) in [5.74, 6) is 0. The van der Waals surface area contributed by atoms with Crippen molar-refractivity contribution in [2.24, 2.45) is 5.73 Å². The van der Waals surface area contributed by atoms with Crippen LogP contribution in [0.25, 0.3) is 0 Å². The van der Waals surface area contributed by atoms with Gasteiger partial charge in [-0.05, 0) is 36.4 Å². The van der Waals surface area contributed by atoms with E-state index in [1.807, 2.05) is 0 Å². The number of hydrogen-bond acceptors (Lipinski definition) is 4. The highest BCUT2D eigenvalue weighted by atomic mass is 32.1. The van der Waals surface area contributed by atoms with Crippen LogP contribution in [-0.4, -0.2) is 49.1 Å². The topological polar surface area (TPSA) is 32.5 Å². The van der Waals surface area contributed by atoms with E-state index in [1.54, 1.807) is 11.3 Å². The minimum atomic E-state index is 0.494. The van der Waals surface area contributed by atoms with Gasteiger partial charge in [-0.3, -0.25) is 4.90 Å². The van der Waals surface area contributed by atoms with E-state index >= 15 is 0 Å². The van der Waals surface area contributed by atoms with E-state index in [-0.39, 0.29) is 0 Å². The molecular weight excluding hydrogens is 218 g/mol. The first-order valence-corrected chi connectivity index (χ1v) is 6.83. The predicted octanol–water partition coefficient (Wildman–Crippen LogP) is 1.38. The van der Waals surface area contributed by atoms with E-state index in [9.17, 15) is 0 Å². The zero-order chi connectivity index (χ0) is 11.5. The fraction of sp³-hybridized carbons (Fsp3) is 0.667. The average Bonchev–Trinajstić information content (AvgIpc) is 2.81. The molecule has 0 spiro atoms. The molecule has 2 rings (SSSR count). The molecule has 1 saturated heterocycles. The van der Waals surface area contributed by atoms with Crippen molar-refractivity contribution >= 4 is 11.3 Å². The molecule has 2 atom stereocenters. The van der Waals surface area contributed by atoms with Crippen LogP contribution in [0.15, 0.2) is 16.8 Å². The summed E-state index contributed by atoms with van der Waals surface area (Å²) < 4.78 is 0. The van der Waals surface area contributed by atoms with Gasteiger partial charge >= 0.3 is 0 Å². The van der Waals surface area contributed by atoms with Gasteiger partial charge in [-0.25, -0.2) is 0 Å². The Morgan fingerprint density at radius 3 is 3.00 bits per heavy atom. The number of likely N-dealkylation sites (N-methyl/N-ethyl adjacent to an activating group) is 1. The molecule has 16 heavy (non-hydrogen) atoms. The third kappa shape index (κ3) is 2.46. The fourth-order valence-electron chi connectivity index (χ4n) is 2.45. The maximum Gasteiger partial charge on any atom is 0.0352 e. The second-order valence-corrected chi connectivity index (χ2v) is 5.40. The summed E-state index contributed by atoms with van der Waals surface area (Å²) in [4.78, 5) is 4.91. The van der Waals surface area contributed by atoms with E-state index < -0.39 is 0 Å². The Morgan fingerprint density at radius 2 is 2.38 bits per heavy atom. The largest absolute Gasteiger partial charge is 0.329 e. The molecule has 1 aliphatic rings. The molecular formula is C12H21N3S. The molecule has 90 valence electrons. The molecule has 1 aromatic heterocycles. The number of hydrogen-bond donors (Lipinski definition) is 1. The number of nitrogens with zero attached hydrogens (tertiary/aromatic N) is 2. The van der Waals surface area contributed by atoms with Crippen LogP contribution < -0.4 is 5.73 Å². The Bertz CT molecular complexity index is 312. The van der Waals surface area contributed by atoms with E-state index in [1.165, 1.54) is 5.56 Å². The van der Waals surface area contributed by atoms with E-state index in [0.29, 0.717) is 12.1 Å². The fourth-order valence-corrected chi connectivity index (χ4v) is 3.20. The lowest BCUT2D eigenvalue weighted by Gasteiger charge is -2.42. The van der Waals surface area contributed by atoms with Crippen LogP contribution in [-0.2, 0) is 0 Å². The quantitative estimate of drug-likeness (QED) is 0.865. The van der Waals surface area contributed by atoms with Crippen LogP contribution in [0.1, 0.15) is 18.5 Å². The van der Waals surface area contributed by atoms with Crippen molar-refractivity contribution in [3.63, 3.8) is 0 Å². The number of nitrogens with two attached hydrogens (primary N) is 1. The molecule has 0 saturated carbocycles. The van der Waals surface area contributed by atoms with Gasteiger partial charge in [0, 0.05) is 38.3 Å². The molecule has 2 heterocycles. The number of thiophene rings is 1. The minimum Gasteiger partial charge on any atom is -0.329 e. The lowest BCUT2D eigenvalue weighted by molar-refractivity contribution is 0.0622. The van der Waals surface area contributed by atoms with Crippen LogP contribution in [0, 0.1) is 0 Å². The highest BCUT2D eigenvalue weighted by Gasteiger charge is 2.28. The summed E-state index contributed by atoms with van der Waals surface area (Å²) in [7, 11) is 2.18. The molecule has 0 radical (unpaired) electrons. The van der Waals surface area contributed by atoms with Crippen LogP contribution in [0.3, 0.4) is 0 Å². The number of rotatable bonds is 3. The van der Waals surface area contributed by atoms with Gasteiger partial charge in [0.25, 0.3) is 0 Å². The van der Waals surface area contributed by atoms with Gasteiger partial charge in [-0.2, -0.15) is 11.3 Å². The van der Waals surface area contributed by atoms with Crippen LogP contribution >= 0.6 is 11.3 Å². The van der Waals surface area contributed by atoms with Gasteiger partial charge in [0.2, 0.25) is 0 Å². The smallest absolute Gasteiger partial charge is 0.0352 e. The van der Waals surface area contributed by atoms with Crippen molar-refractivity contribution in [1.29, 1.82) is 0 Å². The summed E-state index contributed by atoms with van der Waals surface area (Å²) >= 11 is 1.77. The van der Waals surface area contributed by atoms with E-state index in [4.69, 9.17) is 5.73 Å². The summed E-state index contributed by atoms with van der Waals surface area (Å²) in [5.41, 5.74) is 7.31. The summed E-state index contributed by atoms with van der Waals surface area (Å²) in [6.45, 7) is 6.39. The highest BCUT2D eigenvalue weighted by Crippen LogP contribution is 2.25. The van der Waals surface area contributed by atoms with E-state index in [0.717, 1.165) is 26.2 Å². The van der Waals surface area contributed by atoms with Crippen molar-refractivity contribution in [1.82, 2.24) is 9.80 Å². The molecule has 0 aliphatic carbocycles. The second kappa shape index (κ2) is 5.27. The Labute approximate surface area is 102 Å². The van der Waals surface area contributed by atoms with Crippen molar-refractivity contribution in [3.8, 4) is 0 Å². The molecule has 1 aliphatic heterocycles. The van der Waals surface area contributed by atoms with Crippen LogP contribution in [0.2, 0.25) is 0 Å². The predicted molar refractivity (Wildman–Crippen MR) is 69.8 cm³/mol. The van der Waals surface area contributed by atoms with Crippen molar-refractivity contribution in [3.05, 3.63) is 22.4 Å². The van der Waals surface area contributed by atoms with Crippen molar-refractivity contribution in [2.75, 3.05) is 33.2 Å². The summed E-state index contributed by atoms with van der Waals surface area (Å²) in [6.07, 6.45) is 0. The first kappa shape index (κ1) is 12.0. The lowest BCUT2D eigenvalue weighted by atomic mass is 10.1. The number of piperazine rings is 1. The molecule has 0 aromatic carbocycles. The molecule has 2 N–H and O–H groups in total. The molecule has 3 nitrogen and oxygen atoms in total. The Kier molecular flexibility index (Phi) is 3.97. The van der Waals surface area contributed by atoms with Gasteiger partial charge in [0.05, 0.1) is 0 Å². The molecule has 4 heteroatoms.